The number of hydrogen-bond acceptors (Lipinski definition) is 8. The molecule has 0 saturated heterocycles. The lowest BCUT2D eigenvalue weighted by Gasteiger charge is -2.07. The van der Waals surface area contributed by atoms with Gasteiger partial charge in [0.2, 0.25) is 5.75 Å². The van der Waals surface area contributed by atoms with E-state index < -0.39 is 57.4 Å². The van der Waals surface area contributed by atoms with Crippen molar-refractivity contribution < 1.29 is 30.6 Å². The lowest BCUT2D eigenvalue weighted by atomic mass is 10.2. The van der Waals surface area contributed by atoms with Crippen LogP contribution in [0.25, 0.3) is 0 Å². The molecule has 0 unspecified atom stereocenters. The van der Waals surface area contributed by atoms with E-state index >= 15 is 0 Å². The van der Waals surface area contributed by atoms with Crippen molar-refractivity contribution in [1.82, 2.24) is 0 Å². The Balaban J connectivity index is 2.98. The van der Waals surface area contributed by atoms with Crippen molar-refractivity contribution >= 4 is 23.3 Å². The number of carbonyl (C=O) groups is 2. The van der Waals surface area contributed by atoms with Crippen molar-refractivity contribution in [3.05, 3.63) is 38.4 Å². The molecule has 0 bridgehead atoms. The molecule has 22 heavy (non-hydrogen) atoms. The van der Waals surface area contributed by atoms with Crippen LogP contribution < -0.4 is 10.5 Å². The molecule has 0 spiro atoms. The van der Waals surface area contributed by atoms with Crippen LogP contribution in [0.2, 0.25) is 0 Å². The maximum absolute atomic E-state index is 11.6. The van der Waals surface area contributed by atoms with Crippen LogP contribution in [0.4, 0.5) is 11.4 Å². The van der Waals surface area contributed by atoms with Gasteiger partial charge in [0.1, 0.15) is 6.04 Å². The van der Waals surface area contributed by atoms with Gasteiger partial charge in [-0.2, -0.15) is 0 Å². The highest BCUT2D eigenvalue weighted by Gasteiger charge is 2.23. The van der Waals surface area contributed by atoms with Gasteiger partial charge in [-0.15, -0.1) is 0 Å². The Morgan fingerprint density at radius 1 is 1.36 bits per heavy atom. The third-order valence-electron chi connectivity index (χ3n) is 2.45. The fraction of sp³-hybridized carbons (Fsp3) is 0.273. The number of ether oxygens (including phenoxy) is 1. The van der Waals surface area contributed by atoms with Gasteiger partial charge in [-0.3, -0.25) is 29.8 Å². The number of esters is 1. The number of nitro groups is 2. The summed E-state index contributed by atoms with van der Waals surface area (Å²) in [4.78, 5) is 41.6. The maximum atomic E-state index is 11.6. The number of carboxylic acids is 1. The molecule has 1 rings (SSSR count). The number of nitrogens with two attached hydrogens (primary N) is 1. The average Bonchev–Trinajstić information content (AvgIpc) is 2.43. The fourth-order valence-electron chi connectivity index (χ4n) is 1.35. The summed E-state index contributed by atoms with van der Waals surface area (Å²) >= 11 is 0. The maximum Gasteiger partial charge on any atom is 0.320 e. The Labute approximate surface area is 124 Å². The molecule has 3 N–H and O–H groups in total. The number of carboxylic acid groups (broad SMARTS) is 1. The molecule has 1 atom stereocenters. The normalized spacial score (nSPS) is 12.1. The second kappa shape index (κ2) is 7.08. The molecule has 11 nitrogen and oxygen atoms in total. The molecule has 0 radical (unpaired) electrons. The molecule has 0 amide bonds. The Bertz CT molecular complexity index is 677. The number of nitrogens with zero attached hydrogens (tertiary/aromatic N) is 2. The molecule has 0 heterocycles. The van der Waals surface area contributed by atoms with Gasteiger partial charge >= 0.3 is 17.6 Å². The third kappa shape index (κ3) is 4.49. The SMILES string of the molecule is [2H]c1c([N+](=O)[O-])ccc(OC(=O)CC[C@H](N)C(=O)O)c1[N+](=O)[O-]. The van der Waals surface area contributed by atoms with Crippen molar-refractivity contribution in [2.45, 2.75) is 18.9 Å². The minimum atomic E-state index is -1.33. The summed E-state index contributed by atoms with van der Waals surface area (Å²) in [5, 5.41) is 30.2. The van der Waals surface area contributed by atoms with Crippen molar-refractivity contribution in [1.29, 1.82) is 0 Å². The van der Waals surface area contributed by atoms with E-state index in [4.69, 9.17) is 12.2 Å². The molecule has 0 aliphatic heterocycles. The minimum absolute atomic E-state index is 0.261. The first kappa shape index (κ1) is 15.3. The second-order valence-corrected chi connectivity index (χ2v) is 4.03. The van der Waals surface area contributed by atoms with Crippen molar-refractivity contribution in [2.75, 3.05) is 0 Å². The van der Waals surface area contributed by atoms with E-state index in [2.05, 4.69) is 4.74 Å². The van der Waals surface area contributed by atoms with Crippen LogP contribution in [0.15, 0.2) is 18.2 Å². The first-order chi connectivity index (χ1) is 10.6. The van der Waals surface area contributed by atoms with E-state index in [9.17, 15) is 29.8 Å². The molecule has 0 aromatic heterocycles. The smallest absolute Gasteiger partial charge is 0.320 e. The van der Waals surface area contributed by atoms with Gasteiger partial charge in [0, 0.05) is 12.5 Å². The second-order valence-electron chi connectivity index (χ2n) is 4.03. The molecule has 0 saturated carbocycles. The quantitative estimate of drug-likeness (QED) is 0.315. The predicted octanol–water partition coefficient (Wildman–Crippen LogP) is 0.601. The lowest BCUT2D eigenvalue weighted by molar-refractivity contribution is -0.394. The number of aliphatic carboxylic acids is 1. The van der Waals surface area contributed by atoms with Gasteiger partial charge in [-0.25, -0.2) is 0 Å². The highest BCUT2D eigenvalue weighted by atomic mass is 16.6. The van der Waals surface area contributed by atoms with Gasteiger partial charge in [0.25, 0.3) is 5.69 Å². The summed E-state index contributed by atoms with van der Waals surface area (Å²) in [6.45, 7) is 0. The number of benzene rings is 1. The molecular formula is C11H11N3O8. The highest BCUT2D eigenvalue weighted by Crippen LogP contribution is 2.31. The van der Waals surface area contributed by atoms with Crippen molar-refractivity contribution in [3.8, 4) is 5.75 Å². The van der Waals surface area contributed by atoms with Gasteiger partial charge in [-0.05, 0) is 12.5 Å². The topological polar surface area (TPSA) is 176 Å². The van der Waals surface area contributed by atoms with E-state index in [0.29, 0.717) is 0 Å². The number of rotatable bonds is 7. The third-order valence-corrected chi connectivity index (χ3v) is 2.45. The highest BCUT2D eigenvalue weighted by molar-refractivity contribution is 5.77. The summed E-state index contributed by atoms with van der Waals surface area (Å²) in [6.07, 6.45) is -0.697. The zero-order valence-corrected chi connectivity index (χ0v) is 10.9. The van der Waals surface area contributed by atoms with Crippen LogP contribution in [0.5, 0.6) is 5.75 Å². The molecule has 0 aliphatic rings. The monoisotopic (exact) mass is 314 g/mol. The van der Waals surface area contributed by atoms with Gasteiger partial charge in [0.05, 0.1) is 17.3 Å². The standard InChI is InChI=1S/C11H11N3O8/c12-7(11(16)17)2-4-10(15)22-9-3-1-6(13(18)19)5-8(9)14(20)21/h1,3,5,7H,2,4,12H2,(H,16,17)/t7-/m0/s1/i5D. The lowest BCUT2D eigenvalue weighted by Crippen LogP contribution is -2.31. The van der Waals surface area contributed by atoms with Crippen LogP contribution in [0.1, 0.15) is 14.2 Å². The zero-order valence-electron chi connectivity index (χ0n) is 11.9. The molecular weight excluding hydrogens is 302 g/mol. The molecule has 1 aromatic rings. The summed E-state index contributed by atoms with van der Waals surface area (Å²) in [5.41, 5.74) is 3.35. The van der Waals surface area contributed by atoms with Gasteiger partial charge in [0.15, 0.2) is 0 Å². The van der Waals surface area contributed by atoms with Crippen molar-refractivity contribution in [2.24, 2.45) is 5.73 Å². The van der Waals surface area contributed by atoms with E-state index in [1.807, 2.05) is 0 Å². The molecule has 0 aliphatic carbocycles. The van der Waals surface area contributed by atoms with E-state index in [1.54, 1.807) is 0 Å². The average molecular weight is 314 g/mol. The van der Waals surface area contributed by atoms with Crippen LogP contribution in [0, 0.1) is 20.2 Å². The van der Waals surface area contributed by atoms with Crippen LogP contribution in [0.3, 0.4) is 0 Å². The first-order valence-electron chi connectivity index (χ1n) is 6.26. The molecule has 11 heteroatoms. The Hall–Kier alpha value is -3.08. The number of hydrogen-bond donors (Lipinski definition) is 2. The Kier molecular flexibility index (Phi) is 4.93. The predicted molar refractivity (Wildman–Crippen MR) is 70.2 cm³/mol. The number of carbonyl (C=O) groups excluding carboxylic acids is 1. The van der Waals surface area contributed by atoms with E-state index in [0.717, 1.165) is 12.1 Å². The summed E-state index contributed by atoms with van der Waals surface area (Å²) < 4.78 is 12.1. The fourth-order valence-corrected chi connectivity index (χ4v) is 1.35. The molecule has 1 aromatic carbocycles. The van der Waals surface area contributed by atoms with Crippen LogP contribution >= 0.6 is 0 Å². The number of nitro benzene ring substituents is 2. The van der Waals surface area contributed by atoms with Crippen LogP contribution in [-0.4, -0.2) is 32.9 Å². The molecule has 118 valence electrons. The summed E-state index contributed by atoms with van der Waals surface area (Å²) in [7, 11) is 0. The summed E-state index contributed by atoms with van der Waals surface area (Å²) in [5.74, 6) is -2.98. The van der Waals surface area contributed by atoms with Crippen LogP contribution in [-0.2, 0) is 9.59 Å². The van der Waals surface area contributed by atoms with Gasteiger partial charge in [-0.1, -0.05) is 0 Å². The Morgan fingerprint density at radius 3 is 2.50 bits per heavy atom. The Morgan fingerprint density at radius 2 is 2.00 bits per heavy atom. The van der Waals surface area contributed by atoms with E-state index in [-0.39, 0.29) is 6.42 Å². The zero-order chi connectivity index (χ0) is 17.7. The first-order valence-corrected chi connectivity index (χ1v) is 5.76. The largest absolute Gasteiger partial charge is 0.480 e. The van der Waals surface area contributed by atoms with Gasteiger partial charge < -0.3 is 15.6 Å². The van der Waals surface area contributed by atoms with E-state index in [1.165, 1.54) is 0 Å². The minimum Gasteiger partial charge on any atom is -0.480 e. The summed E-state index contributed by atoms with van der Waals surface area (Å²) in [6, 6.07) is -0.696. The van der Waals surface area contributed by atoms with Crippen molar-refractivity contribution in [3.63, 3.8) is 0 Å². The molecule has 0 fully saturated rings.